The predicted octanol–water partition coefficient (Wildman–Crippen LogP) is 2.92. The highest BCUT2D eigenvalue weighted by Gasteiger charge is 2.42. The van der Waals surface area contributed by atoms with Crippen molar-refractivity contribution in [3.63, 3.8) is 0 Å². The van der Waals surface area contributed by atoms with Gasteiger partial charge in [0.2, 0.25) is 0 Å². The van der Waals surface area contributed by atoms with Crippen molar-refractivity contribution in [1.29, 1.82) is 0 Å². The quantitative estimate of drug-likeness (QED) is 0.902. The Morgan fingerprint density at radius 2 is 2.10 bits per heavy atom. The smallest absolute Gasteiger partial charge is 0.0940 e. The Bertz CT molecular complexity index is 477. The molecule has 0 saturated carbocycles. The van der Waals surface area contributed by atoms with Crippen molar-refractivity contribution < 1.29 is 14.6 Å². The van der Waals surface area contributed by atoms with Gasteiger partial charge in [-0.3, -0.25) is 0 Å². The van der Waals surface area contributed by atoms with Gasteiger partial charge in [0.15, 0.2) is 0 Å². The van der Waals surface area contributed by atoms with E-state index in [1.807, 2.05) is 0 Å². The Morgan fingerprint density at radius 3 is 2.80 bits per heavy atom. The maximum absolute atomic E-state index is 10.7. The third-order valence-corrected chi connectivity index (χ3v) is 4.92. The van der Waals surface area contributed by atoms with Crippen molar-refractivity contribution in [2.45, 2.75) is 44.8 Å². The van der Waals surface area contributed by atoms with Crippen LogP contribution in [0, 0.1) is 19.8 Å². The number of aliphatic hydroxyl groups excluding tert-OH is 1. The standard InChI is InChI=1S/C17H24O3/c1-12-3-4-14(9-13(12)2)16(18)15-5-7-20-17(10-15)6-8-19-11-17/h3-4,9,15-16,18H,5-8,10-11H2,1-2H3. The van der Waals surface area contributed by atoms with E-state index in [2.05, 4.69) is 32.0 Å². The Kier molecular flexibility index (Phi) is 3.85. The zero-order valence-corrected chi connectivity index (χ0v) is 12.4. The minimum atomic E-state index is -0.393. The molecule has 0 amide bonds. The van der Waals surface area contributed by atoms with Crippen LogP contribution in [-0.4, -0.2) is 30.5 Å². The van der Waals surface area contributed by atoms with Crippen molar-refractivity contribution in [2.75, 3.05) is 19.8 Å². The van der Waals surface area contributed by atoms with Crippen molar-refractivity contribution in [2.24, 2.45) is 5.92 Å². The molecule has 1 spiro atoms. The van der Waals surface area contributed by atoms with E-state index in [0.717, 1.165) is 38.0 Å². The summed E-state index contributed by atoms with van der Waals surface area (Å²) in [5, 5.41) is 10.7. The van der Waals surface area contributed by atoms with E-state index in [-0.39, 0.29) is 11.5 Å². The fourth-order valence-corrected chi connectivity index (χ4v) is 3.42. The molecule has 0 aromatic heterocycles. The first-order chi connectivity index (χ1) is 9.60. The van der Waals surface area contributed by atoms with Crippen LogP contribution in [0.4, 0.5) is 0 Å². The molecule has 3 rings (SSSR count). The van der Waals surface area contributed by atoms with E-state index < -0.39 is 6.10 Å². The number of rotatable bonds is 2. The average Bonchev–Trinajstić information content (AvgIpc) is 2.89. The van der Waals surface area contributed by atoms with Crippen molar-refractivity contribution in [3.05, 3.63) is 34.9 Å². The van der Waals surface area contributed by atoms with Gasteiger partial charge in [0.1, 0.15) is 0 Å². The second kappa shape index (κ2) is 5.47. The second-order valence-electron chi connectivity index (χ2n) is 6.38. The highest BCUT2D eigenvalue weighted by atomic mass is 16.6. The first-order valence-electron chi connectivity index (χ1n) is 7.57. The van der Waals surface area contributed by atoms with E-state index in [4.69, 9.17) is 9.47 Å². The van der Waals surface area contributed by atoms with Crippen LogP contribution in [0.2, 0.25) is 0 Å². The van der Waals surface area contributed by atoms with Gasteiger partial charge in [0.25, 0.3) is 0 Å². The molecule has 2 heterocycles. The van der Waals surface area contributed by atoms with Gasteiger partial charge >= 0.3 is 0 Å². The lowest BCUT2D eigenvalue weighted by atomic mass is 9.80. The van der Waals surface area contributed by atoms with Crippen molar-refractivity contribution >= 4 is 0 Å². The van der Waals surface area contributed by atoms with Crippen LogP contribution in [-0.2, 0) is 9.47 Å². The summed E-state index contributed by atoms with van der Waals surface area (Å²) in [5.74, 6) is 0.271. The summed E-state index contributed by atoms with van der Waals surface area (Å²) in [6, 6.07) is 6.27. The Labute approximate surface area is 120 Å². The molecule has 110 valence electrons. The number of benzene rings is 1. The molecule has 3 heteroatoms. The Balaban J connectivity index is 1.75. The largest absolute Gasteiger partial charge is 0.388 e. The number of aliphatic hydroxyl groups is 1. The third-order valence-electron chi connectivity index (χ3n) is 4.92. The van der Waals surface area contributed by atoms with E-state index in [9.17, 15) is 5.11 Å². The molecule has 2 saturated heterocycles. The molecule has 0 radical (unpaired) electrons. The highest BCUT2D eigenvalue weighted by Crippen LogP contribution is 2.41. The summed E-state index contributed by atoms with van der Waals surface area (Å²) >= 11 is 0. The lowest BCUT2D eigenvalue weighted by Gasteiger charge is -2.39. The molecular weight excluding hydrogens is 252 g/mol. The van der Waals surface area contributed by atoms with Crippen molar-refractivity contribution in [3.8, 4) is 0 Å². The number of aryl methyl sites for hydroxylation is 2. The molecule has 1 aromatic rings. The summed E-state index contributed by atoms with van der Waals surface area (Å²) < 4.78 is 11.4. The maximum Gasteiger partial charge on any atom is 0.0940 e. The van der Waals surface area contributed by atoms with Crippen LogP contribution in [0.1, 0.15) is 42.1 Å². The third kappa shape index (κ3) is 2.62. The summed E-state index contributed by atoms with van der Waals surface area (Å²) in [6.07, 6.45) is 2.40. The topological polar surface area (TPSA) is 38.7 Å². The minimum absolute atomic E-state index is 0.135. The van der Waals surface area contributed by atoms with Gasteiger partial charge in [0.05, 0.1) is 18.3 Å². The number of hydrogen-bond acceptors (Lipinski definition) is 3. The summed E-state index contributed by atoms with van der Waals surface area (Å²) in [6.45, 7) is 6.40. The van der Waals surface area contributed by atoms with E-state index in [0.29, 0.717) is 6.61 Å². The van der Waals surface area contributed by atoms with Crippen LogP contribution in [0.15, 0.2) is 18.2 Å². The molecule has 2 fully saturated rings. The van der Waals surface area contributed by atoms with Gasteiger partial charge in [-0.1, -0.05) is 18.2 Å². The maximum atomic E-state index is 10.7. The fourth-order valence-electron chi connectivity index (χ4n) is 3.42. The highest BCUT2D eigenvalue weighted by molar-refractivity contribution is 5.31. The molecule has 1 N–H and O–H groups in total. The molecule has 0 aliphatic carbocycles. The summed E-state index contributed by atoms with van der Waals surface area (Å²) in [7, 11) is 0. The second-order valence-corrected chi connectivity index (χ2v) is 6.38. The minimum Gasteiger partial charge on any atom is -0.388 e. The average molecular weight is 276 g/mol. The fraction of sp³-hybridized carbons (Fsp3) is 0.647. The first-order valence-corrected chi connectivity index (χ1v) is 7.57. The van der Waals surface area contributed by atoms with Crippen molar-refractivity contribution in [1.82, 2.24) is 0 Å². The van der Waals surface area contributed by atoms with Gasteiger partial charge in [-0.05, 0) is 49.3 Å². The van der Waals surface area contributed by atoms with Gasteiger partial charge in [-0.25, -0.2) is 0 Å². The number of hydrogen-bond donors (Lipinski definition) is 1. The molecule has 0 bridgehead atoms. The van der Waals surface area contributed by atoms with Crippen LogP contribution in [0.3, 0.4) is 0 Å². The number of ether oxygens (including phenoxy) is 2. The zero-order chi connectivity index (χ0) is 14.2. The van der Waals surface area contributed by atoms with Crippen LogP contribution in [0.5, 0.6) is 0 Å². The zero-order valence-electron chi connectivity index (χ0n) is 12.4. The Morgan fingerprint density at radius 1 is 1.25 bits per heavy atom. The molecule has 3 atom stereocenters. The molecule has 1 aromatic carbocycles. The monoisotopic (exact) mass is 276 g/mol. The van der Waals surface area contributed by atoms with Gasteiger partial charge in [-0.15, -0.1) is 0 Å². The van der Waals surface area contributed by atoms with E-state index >= 15 is 0 Å². The van der Waals surface area contributed by atoms with Crippen LogP contribution in [0.25, 0.3) is 0 Å². The summed E-state index contributed by atoms with van der Waals surface area (Å²) in [5.41, 5.74) is 3.42. The van der Waals surface area contributed by atoms with E-state index in [1.165, 1.54) is 11.1 Å². The summed E-state index contributed by atoms with van der Waals surface area (Å²) in [4.78, 5) is 0. The first kappa shape index (κ1) is 14.1. The van der Waals surface area contributed by atoms with Gasteiger partial charge in [0, 0.05) is 19.6 Å². The Hall–Kier alpha value is -0.900. The van der Waals surface area contributed by atoms with Gasteiger partial charge in [-0.2, -0.15) is 0 Å². The predicted molar refractivity (Wildman–Crippen MR) is 77.7 cm³/mol. The lowest BCUT2D eigenvalue weighted by molar-refractivity contribution is -0.117. The molecule has 2 aliphatic rings. The molecule has 3 unspecified atom stereocenters. The van der Waals surface area contributed by atoms with E-state index in [1.54, 1.807) is 0 Å². The van der Waals surface area contributed by atoms with Crippen LogP contribution < -0.4 is 0 Å². The van der Waals surface area contributed by atoms with Crippen LogP contribution >= 0.6 is 0 Å². The normalized spacial score (nSPS) is 31.6. The molecule has 20 heavy (non-hydrogen) atoms. The lowest BCUT2D eigenvalue weighted by Crippen LogP contribution is -2.41. The molecule has 3 nitrogen and oxygen atoms in total. The SMILES string of the molecule is Cc1ccc(C(O)C2CCOC3(CCOC3)C2)cc1C. The molecule has 2 aliphatic heterocycles. The molecular formula is C17H24O3. The van der Waals surface area contributed by atoms with Gasteiger partial charge < -0.3 is 14.6 Å².